The smallest absolute Gasteiger partial charge is 0.262 e. The average molecular weight is 380 g/mol. The Morgan fingerprint density at radius 2 is 1.79 bits per heavy atom. The van der Waals surface area contributed by atoms with Gasteiger partial charge in [-0.2, -0.15) is 0 Å². The van der Waals surface area contributed by atoms with E-state index in [0.29, 0.717) is 28.8 Å². The normalized spacial score (nSPS) is 10.5. The number of benzene rings is 2. The van der Waals surface area contributed by atoms with Crippen LogP contribution in [0.1, 0.15) is 29.6 Å². The van der Waals surface area contributed by atoms with Crippen LogP contribution in [0.25, 0.3) is 11.5 Å². The number of carbonyl (C=O) groups excluding carboxylic acids is 2. The lowest BCUT2D eigenvalue weighted by atomic mass is 10.2. The Labute approximate surface area is 161 Å². The fourth-order valence-electron chi connectivity index (χ4n) is 2.44. The molecule has 0 atom stereocenters. The van der Waals surface area contributed by atoms with Crippen LogP contribution in [0.3, 0.4) is 0 Å². The summed E-state index contributed by atoms with van der Waals surface area (Å²) < 4.78 is 11.1. The minimum Gasteiger partial charge on any atom is -0.484 e. The zero-order valence-corrected chi connectivity index (χ0v) is 15.3. The van der Waals surface area contributed by atoms with Crippen molar-refractivity contribution in [3.8, 4) is 17.2 Å². The minimum absolute atomic E-state index is 0.155. The van der Waals surface area contributed by atoms with Gasteiger partial charge in [-0.3, -0.25) is 9.59 Å². The van der Waals surface area contributed by atoms with Crippen LogP contribution >= 0.6 is 0 Å². The van der Waals surface area contributed by atoms with Gasteiger partial charge in [0.05, 0.1) is 0 Å². The number of anilines is 1. The molecule has 0 aliphatic heterocycles. The molecule has 3 aromatic rings. The molecule has 0 spiro atoms. The van der Waals surface area contributed by atoms with Gasteiger partial charge in [-0.1, -0.05) is 6.92 Å². The van der Waals surface area contributed by atoms with Crippen molar-refractivity contribution in [2.24, 2.45) is 5.73 Å². The van der Waals surface area contributed by atoms with E-state index >= 15 is 0 Å². The lowest BCUT2D eigenvalue weighted by Gasteiger charge is -2.08. The lowest BCUT2D eigenvalue weighted by Crippen LogP contribution is -2.20. The molecule has 8 nitrogen and oxygen atoms in total. The number of aryl methyl sites for hydroxylation is 1. The first-order valence-electron chi connectivity index (χ1n) is 8.80. The van der Waals surface area contributed by atoms with Crippen molar-refractivity contribution in [3.05, 3.63) is 60.0 Å². The quantitative estimate of drug-likeness (QED) is 0.620. The molecular weight excluding hydrogens is 360 g/mol. The van der Waals surface area contributed by atoms with Crippen LogP contribution in [0, 0.1) is 0 Å². The molecule has 0 radical (unpaired) electrons. The summed E-state index contributed by atoms with van der Waals surface area (Å²) >= 11 is 0. The van der Waals surface area contributed by atoms with Crippen molar-refractivity contribution in [1.82, 2.24) is 10.2 Å². The average Bonchev–Trinajstić information content (AvgIpc) is 3.16. The molecule has 144 valence electrons. The molecule has 0 unspecified atom stereocenters. The van der Waals surface area contributed by atoms with Crippen molar-refractivity contribution in [3.63, 3.8) is 0 Å². The van der Waals surface area contributed by atoms with Gasteiger partial charge in [0, 0.05) is 23.2 Å². The molecule has 0 bridgehead atoms. The summed E-state index contributed by atoms with van der Waals surface area (Å²) in [5.41, 5.74) is 6.88. The van der Waals surface area contributed by atoms with Gasteiger partial charge in [0.1, 0.15) is 5.75 Å². The molecule has 0 aliphatic carbocycles. The van der Waals surface area contributed by atoms with Gasteiger partial charge in [-0.15, -0.1) is 10.2 Å². The predicted octanol–water partition coefficient (Wildman–Crippen LogP) is 2.81. The number of nitrogens with zero attached hydrogens (tertiary/aromatic N) is 2. The molecule has 1 heterocycles. The Morgan fingerprint density at radius 1 is 1.07 bits per heavy atom. The Hall–Kier alpha value is -3.68. The molecule has 0 fully saturated rings. The molecule has 2 amide bonds. The molecule has 2 aromatic carbocycles. The summed E-state index contributed by atoms with van der Waals surface area (Å²) in [5.74, 6) is 0.755. The maximum atomic E-state index is 12.0. The fourth-order valence-corrected chi connectivity index (χ4v) is 2.44. The van der Waals surface area contributed by atoms with Gasteiger partial charge in [-0.25, -0.2) is 0 Å². The number of hydrogen-bond acceptors (Lipinski definition) is 6. The van der Waals surface area contributed by atoms with Gasteiger partial charge in [0.2, 0.25) is 17.7 Å². The number of ether oxygens (including phenoxy) is 1. The van der Waals surface area contributed by atoms with Crippen LogP contribution < -0.4 is 15.8 Å². The molecule has 28 heavy (non-hydrogen) atoms. The Morgan fingerprint density at radius 3 is 2.43 bits per heavy atom. The van der Waals surface area contributed by atoms with Crippen LogP contribution in [0.4, 0.5) is 5.69 Å². The van der Waals surface area contributed by atoms with Crippen LogP contribution in [0.2, 0.25) is 0 Å². The first-order chi connectivity index (χ1) is 13.5. The van der Waals surface area contributed by atoms with Crippen LogP contribution in [-0.4, -0.2) is 28.6 Å². The van der Waals surface area contributed by atoms with Crippen LogP contribution in [0.15, 0.2) is 52.9 Å². The third kappa shape index (κ3) is 4.94. The summed E-state index contributed by atoms with van der Waals surface area (Å²) in [6.07, 6.45) is 1.68. The van der Waals surface area contributed by atoms with E-state index in [1.54, 1.807) is 48.5 Å². The van der Waals surface area contributed by atoms with Gasteiger partial charge < -0.3 is 20.2 Å². The largest absolute Gasteiger partial charge is 0.484 e. The van der Waals surface area contributed by atoms with Gasteiger partial charge in [-0.05, 0) is 55.0 Å². The Balaban J connectivity index is 1.52. The van der Waals surface area contributed by atoms with E-state index in [9.17, 15) is 9.59 Å². The summed E-state index contributed by atoms with van der Waals surface area (Å²) in [5, 5.41) is 10.7. The number of primary amides is 1. The zero-order valence-electron chi connectivity index (χ0n) is 15.3. The summed E-state index contributed by atoms with van der Waals surface area (Å²) in [6.45, 7) is 1.89. The maximum Gasteiger partial charge on any atom is 0.262 e. The van der Waals surface area contributed by atoms with E-state index in [0.717, 1.165) is 18.4 Å². The van der Waals surface area contributed by atoms with E-state index in [4.69, 9.17) is 14.9 Å². The number of amides is 2. The highest BCUT2D eigenvalue weighted by Gasteiger charge is 2.09. The van der Waals surface area contributed by atoms with Gasteiger partial charge >= 0.3 is 0 Å². The summed E-state index contributed by atoms with van der Waals surface area (Å²) in [4.78, 5) is 23.0. The zero-order chi connectivity index (χ0) is 19.9. The Bertz CT molecular complexity index is 949. The molecule has 0 saturated heterocycles. The fraction of sp³-hybridized carbons (Fsp3) is 0.200. The highest BCUT2D eigenvalue weighted by Crippen LogP contribution is 2.21. The SMILES string of the molecule is CCCc1nnc(-c2ccc(OCC(=O)Nc3ccc(C(N)=O)cc3)cc2)o1. The number of nitrogens with two attached hydrogens (primary N) is 1. The van der Waals surface area contributed by atoms with E-state index < -0.39 is 5.91 Å². The molecule has 0 aliphatic rings. The predicted molar refractivity (Wildman–Crippen MR) is 103 cm³/mol. The van der Waals surface area contributed by atoms with Crippen molar-refractivity contribution in [2.75, 3.05) is 11.9 Å². The summed E-state index contributed by atoms with van der Waals surface area (Å²) in [6, 6.07) is 13.3. The van der Waals surface area contributed by atoms with Crippen molar-refractivity contribution in [1.29, 1.82) is 0 Å². The lowest BCUT2D eigenvalue weighted by molar-refractivity contribution is -0.118. The summed E-state index contributed by atoms with van der Waals surface area (Å²) in [7, 11) is 0. The van der Waals surface area contributed by atoms with Crippen LogP contribution in [0.5, 0.6) is 5.75 Å². The second-order valence-electron chi connectivity index (χ2n) is 6.05. The van der Waals surface area contributed by atoms with Crippen molar-refractivity contribution in [2.45, 2.75) is 19.8 Å². The highest BCUT2D eigenvalue weighted by molar-refractivity contribution is 5.95. The number of carbonyl (C=O) groups is 2. The molecule has 3 rings (SSSR count). The molecule has 3 N–H and O–H groups in total. The number of hydrogen-bond donors (Lipinski definition) is 2. The maximum absolute atomic E-state index is 12.0. The number of aromatic nitrogens is 2. The second kappa shape index (κ2) is 8.81. The second-order valence-corrected chi connectivity index (χ2v) is 6.05. The Kier molecular flexibility index (Phi) is 6.01. The van der Waals surface area contributed by atoms with Crippen LogP contribution in [-0.2, 0) is 11.2 Å². The number of nitrogens with one attached hydrogen (secondary N) is 1. The highest BCUT2D eigenvalue weighted by atomic mass is 16.5. The van der Waals surface area contributed by atoms with E-state index in [2.05, 4.69) is 15.5 Å². The monoisotopic (exact) mass is 380 g/mol. The van der Waals surface area contributed by atoms with Gasteiger partial charge in [0.15, 0.2) is 6.61 Å². The number of rotatable bonds is 8. The van der Waals surface area contributed by atoms with Crippen molar-refractivity contribution >= 4 is 17.5 Å². The van der Waals surface area contributed by atoms with E-state index in [1.165, 1.54) is 0 Å². The molecule has 8 heteroatoms. The third-order valence-electron chi connectivity index (χ3n) is 3.86. The standard InChI is InChI=1S/C20H20N4O4/c1-2-3-18-23-24-20(28-18)14-6-10-16(11-7-14)27-12-17(25)22-15-8-4-13(5-9-15)19(21)26/h4-11H,2-3,12H2,1H3,(H2,21,26)(H,22,25). The first-order valence-corrected chi connectivity index (χ1v) is 8.80. The molecule has 0 saturated carbocycles. The van der Waals surface area contributed by atoms with Crippen molar-refractivity contribution < 1.29 is 18.7 Å². The van der Waals surface area contributed by atoms with Gasteiger partial charge in [0.25, 0.3) is 5.91 Å². The van der Waals surface area contributed by atoms with E-state index in [1.807, 2.05) is 6.92 Å². The topological polar surface area (TPSA) is 120 Å². The third-order valence-corrected chi connectivity index (χ3v) is 3.86. The minimum atomic E-state index is -0.522. The molecular formula is C20H20N4O4. The van der Waals surface area contributed by atoms with E-state index in [-0.39, 0.29) is 12.5 Å². The molecule has 1 aromatic heterocycles. The first kappa shape index (κ1) is 19.1.